The van der Waals surface area contributed by atoms with Crippen LogP contribution in [0.3, 0.4) is 0 Å². The number of aromatic nitrogens is 2. The van der Waals surface area contributed by atoms with Gasteiger partial charge in [0, 0.05) is 18.4 Å². The molecule has 3 rings (SSSR count). The first kappa shape index (κ1) is 14.7. The zero-order valence-electron chi connectivity index (χ0n) is 12.8. The van der Waals surface area contributed by atoms with Crippen LogP contribution in [0.2, 0.25) is 0 Å². The molecule has 0 saturated heterocycles. The number of hydrogen-bond donors (Lipinski definition) is 1. The molecule has 1 N–H and O–H groups in total. The second-order valence-corrected chi connectivity index (χ2v) is 7.36. The molecule has 2 aromatic rings. The van der Waals surface area contributed by atoms with E-state index in [4.69, 9.17) is 0 Å². The van der Waals surface area contributed by atoms with E-state index >= 15 is 0 Å². The van der Waals surface area contributed by atoms with Gasteiger partial charge in [-0.15, -0.1) is 21.5 Å². The Morgan fingerprint density at radius 3 is 2.62 bits per heavy atom. The van der Waals surface area contributed by atoms with Crippen LogP contribution < -0.4 is 5.32 Å². The van der Waals surface area contributed by atoms with E-state index in [1.165, 1.54) is 23.4 Å². The minimum atomic E-state index is 0.169. The molecule has 1 fully saturated rings. The van der Waals surface area contributed by atoms with Gasteiger partial charge in [-0.05, 0) is 30.9 Å². The lowest BCUT2D eigenvalue weighted by Crippen LogP contribution is -2.22. The second kappa shape index (κ2) is 6.24. The third kappa shape index (κ3) is 3.33. The Balaban J connectivity index is 1.63. The van der Waals surface area contributed by atoms with Crippen molar-refractivity contribution in [3.63, 3.8) is 0 Å². The molecular formula is C17H23N3S. The van der Waals surface area contributed by atoms with Crippen LogP contribution in [0.15, 0.2) is 30.3 Å². The molecule has 1 aromatic carbocycles. The number of nitrogens with one attached hydrogen (secondary N) is 1. The molecule has 1 heterocycles. The van der Waals surface area contributed by atoms with Crippen molar-refractivity contribution < 1.29 is 0 Å². The maximum absolute atomic E-state index is 4.48. The molecule has 1 aliphatic carbocycles. The number of hydrogen-bond acceptors (Lipinski definition) is 4. The van der Waals surface area contributed by atoms with Crippen molar-refractivity contribution in [1.29, 1.82) is 0 Å². The highest BCUT2D eigenvalue weighted by Gasteiger charge is 2.48. The fourth-order valence-electron chi connectivity index (χ4n) is 2.64. The van der Waals surface area contributed by atoms with Gasteiger partial charge in [0.25, 0.3) is 0 Å². The van der Waals surface area contributed by atoms with Crippen LogP contribution in [0.25, 0.3) is 0 Å². The van der Waals surface area contributed by atoms with Crippen LogP contribution in [0.1, 0.15) is 42.3 Å². The topological polar surface area (TPSA) is 37.8 Å². The van der Waals surface area contributed by atoms with Crippen LogP contribution in [0.5, 0.6) is 0 Å². The normalized spacial score (nSPS) is 16.3. The van der Waals surface area contributed by atoms with Gasteiger partial charge < -0.3 is 5.32 Å². The monoisotopic (exact) mass is 301 g/mol. The number of benzene rings is 1. The van der Waals surface area contributed by atoms with Crippen LogP contribution in [0.4, 0.5) is 0 Å². The fraction of sp³-hybridized carbons (Fsp3) is 0.529. The minimum absolute atomic E-state index is 0.169. The molecule has 112 valence electrons. The molecule has 0 amide bonds. The Morgan fingerprint density at radius 1 is 1.19 bits per heavy atom. The summed E-state index contributed by atoms with van der Waals surface area (Å²) in [6, 6.07) is 10.8. The van der Waals surface area contributed by atoms with E-state index in [1.807, 2.05) is 0 Å². The van der Waals surface area contributed by atoms with Gasteiger partial charge in [-0.1, -0.05) is 44.2 Å². The summed E-state index contributed by atoms with van der Waals surface area (Å²) in [6.45, 7) is 6.52. The maximum atomic E-state index is 4.48. The zero-order chi connectivity index (χ0) is 14.7. The van der Waals surface area contributed by atoms with Crippen LogP contribution in [-0.2, 0) is 11.8 Å². The second-order valence-electron chi connectivity index (χ2n) is 6.30. The molecule has 4 heteroatoms. The lowest BCUT2D eigenvalue weighted by molar-refractivity contribution is 0.553. The van der Waals surface area contributed by atoms with E-state index < -0.39 is 0 Å². The summed E-state index contributed by atoms with van der Waals surface area (Å²) in [5.41, 5.74) is 1.56. The highest BCUT2D eigenvalue weighted by atomic mass is 32.1. The SMILES string of the molecule is CC(C)CNCCc1nnc(C2(c3ccccc3)CC2)s1. The smallest absolute Gasteiger partial charge is 0.128 e. The highest BCUT2D eigenvalue weighted by Crippen LogP contribution is 2.54. The Labute approximate surface area is 130 Å². The first-order chi connectivity index (χ1) is 10.2. The average Bonchev–Trinajstić information content (AvgIpc) is 3.17. The quantitative estimate of drug-likeness (QED) is 0.796. The average molecular weight is 301 g/mol. The van der Waals surface area contributed by atoms with Crippen LogP contribution in [0, 0.1) is 5.92 Å². The third-order valence-electron chi connectivity index (χ3n) is 4.02. The van der Waals surface area contributed by atoms with Crippen molar-refractivity contribution in [3.05, 3.63) is 45.9 Å². The molecule has 1 saturated carbocycles. The molecule has 0 bridgehead atoms. The summed E-state index contributed by atoms with van der Waals surface area (Å²) >= 11 is 1.79. The summed E-state index contributed by atoms with van der Waals surface area (Å²) in [4.78, 5) is 0. The summed E-state index contributed by atoms with van der Waals surface area (Å²) in [7, 11) is 0. The van der Waals surface area contributed by atoms with Gasteiger partial charge in [0.2, 0.25) is 0 Å². The standard InChI is InChI=1S/C17H23N3S/c1-13(2)12-18-11-8-15-19-20-16(21-15)17(9-10-17)14-6-4-3-5-7-14/h3-7,13,18H,8-12H2,1-2H3. The molecule has 0 aliphatic heterocycles. The van der Waals surface area contributed by atoms with Gasteiger partial charge in [0.05, 0.1) is 0 Å². The molecule has 0 spiro atoms. The lowest BCUT2D eigenvalue weighted by atomic mass is 9.97. The third-order valence-corrected chi connectivity index (χ3v) is 5.21. The highest BCUT2D eigenvalue weighted by molar-refractivity contribution is 7.11. The molecule has 3 nitrogen and oxygen atoms in total. The van der Waals surface area contributed by atoms with E-state index in [2.05, 4.69) is 59.7 Å². The van der Waals surface area contributed by atoms with Gasteiger partial charge in [0.15, 0.2) is 0 Å². The lowest BCUT2D eigenvalue weighted by Gasteiger charge is -2.11. The zero-order valence-corrected chi connectivity index (χ0v) is 13.6. The molecule has 21 heavy (non-hydrogen) atoms. The number of nitrogens with zero attached hydrogens (tertiary/aromatic N) is 2. The van der Waals surface area contributed by atoms with Gasteiger partial charge in [-0.25, -0.2) is 0 Å². The first-order valence-electron chi connectivity index (χ1n) is 7.80. The summed E-state index contributed by atoms with van der Waals surface area (Å²) in [6.07, 6.45) is 3.39. The maximum Gasteiger partial charge on any atom is 0.128 e. The molecule has 1 aliphatic rings. The predicted octanol–water partition coefficient (Wildman–Crippen LogP) is 3.41. The first-order valence-corrected chi connectivity index (χ1v) is 8.61. The predicted molar refractivity (Wildman–Crippen MR) is 87.8 cm³/mol. The Kier molecular flexibility index (Phi) is 4.36. The van der Waals surface area contributed by atoms with E-state index in [9.17, 15) is 0 Å². The van der Waals surface area contributed by atoms with E-state index in [0.29, 0.717) is 5.92 Å². The van der Waals surface area contributed by atoms with Gasteiger partial charge >= 0.3 is 0 Å². The molecule has 0 unspecified atom stereocenters. The van der Waals surface area contributed by atoms with Crippen molar-refractivity contribution in [3.8, 4) is 0 Å². The van der Waals surface area contributed by atoms with Gasteiger partial charge in [-0.3, -0.25) is 0 Å². The molecule has 0 atom stereocenters. The molecular weight excluding hydrogens is 278 g/mol. The molecule has 1 aromatic heterocycles. The summed E-state index contributed by atoms with van der Waals surface area (Å²) in [5.74, 6) is 0.697. The summed E-state index contributed by atoms with van der Waals surface area (Å²) in [5, 5.41) is 14.7. The number of rotatable bonds is 7. The van der Waals surface area contributed by atoms with Crippen molar-refractivity contribution in [2.45, 2.75) is 38.5 Å². The fourth-order valence-corrected chi connectivity index (χ4v) is 3.75. The Bertz CT molecular complexity index is 573. The van der Waals surface area contributed by atoms with Crippen LogP contribution in [-0.4, -0.2) is 23.3 Å². The summed E-state index contributed by atoms with van der Waals surface area (Å²) < 4.78 is 0. The minimum Gasteiger partial charge on any atom is -0.316 e. The molecule has 0 radical (unpaired) electrons. The van der Waals surface area contributed by atoms with E-state index in [-0.39, 0.29) is 5.41 Å². The van der Waals surface area contributed by atoms with Crippen molar-refractivity contribution in [2.75, 3.05) is 13.1 Å². The van der Waals surface area contributed by atoms with E-state index in [0.717, 1.165) is 24.5 Å². The van der Waals surface area contributed by atoms with Gasteiger partial charge in [-0.2, -0.15) is 0 Å². The van der Waals surface area contributed by atoms with Crippen LogP contribution >= 0.6 is 11.3 Å². The van der Waals surface area contributed by atoms with Gasteiger partial charge in [0.1, 0.15) is 10.0 Å². The van der Waals surface area contributed by atoms with Crippen molar-refractivity contribution >= 4 is 11.3 Å². The van der Waals surface area contributed by atoms with Crippen molar-refractivity contribution in [2.24, 2.45) is 5.92 Å². The van der Waals surface area contributed by atoms with E-state index in [1.54, 1.807) is 11.3 Å². The Hall–Kier alpha value is -1.26. The van der Waals surface area contributed by atoms with Crippen molar-refractivity contribution in [1.82, 2.24) is 15.5 Å². The largest absolute Gasteiger partial charge is 0.316 e. The Morgan fingerprint density at radius 2 is 1.95 bits per heavy atom.